The van der Waals surface area contributed by atoms with Crippen molar-refractivity contribution in [3.05, 3.63) is 12.2 Å². The molecule has 6 nitrogen and oxygen atoms in total. The van der Waals surface area contributed by atoms with Gasteiger partial charge in [-0.3, -0.25) is 14.4 Å². The molecular formula is C22H40N2O4. The average Bonchev–Trinajstić information content (AvgIpc) is 2.60. The van der Waals surface area contributed by atoms with Crippen molar-refractivity contribution in [1.82, 2.24) is 9.80 Å². The lowest BCUT2D eigenvalue weighted by Crippen LogP contribution is -2.56. The van der Waals surface area contributed by atoms with Crippen molar-refractivity contribution in [2.75, 3.05) is 14.1 Å². The second kappa shape index (κ2) is 12.7. The van der Waals surface area contributed by atoms with Crippen LogP contribution in [0.5, 0.6) is 0 Å². The molecule has 0 aromatic rings. The number of aliphatic hydroxyl groups excluding tert-OH is 1. The predicted molar refractivity (Wildman–Crippen MR) is 113 cm³/mol. The summed E-state index contributed by atoms with van der Waals surface area (Å²) < 4.78 is 0. The minimum absolute atomic E-state index is 0.0960. The first-order valence-electron chi connectivity index (χ1n) is 10.3. The molecule has 0 aromatic carbocycles. The van der Waals surface area contributed by atoms with E-state index in [1.54, 1.807) is 14.1 Å². The van der Waals surface area contributed by atoms with Gasteiger partial charge >= 0.3 is 0 Å². The molecule has 0 rings (SSSR count). The normalized spacial score (nSPS) is 15.9. The van der Waals surface area contributed by atoms with E-state index in [1.807, 2.05) is 39.8 Å². The van der Waals surface area contributed by atoms with Crippen LogP contribution in [-0.4, -0.2) is 64.8 Å². The zero-order valence-electron chi connectivity index (χ0n) is 18.9. The molecule has 0 aromatic heterocycles. The molecule has 0 spiro atoms. The van der Waals surface area contributed by atoms with Crippen molar-refractivity contribution in [1.29, 1.82) is 0 Å². The Morgan fingerprint density at radius 3 is 2.04 bits per heavy atom. The number of likely N-dealkylation sites (N-methyl/N-ethyl adjacent to an activating group) is 2. The van der Waals surface area contributed by atoms with E-state index in [4.69, 9.17) is 0 Å². The monoisotopic (exact) mass is 396 g/mol. The standard InChI is InChI=1S/C22H40N2O4/c1-9-10-11-16(4)14-19(17(5)25)23(7)22(28)21(18(6)26)24(8)20(27)13-12-15(2)3/h9-10,15-16,18-19,21,26H,11-14H2,1-8H3. The van der Waals surface area contributed by atoms with E-state index in [2.05, 4.69) is 0 Å². The summed E-state index contributed by atoms with van der Waals surface area (Å²) in [5.41, 5.74) is 0. The number of amides is 2. The Labute approximate surface area is 171 Å². The lowest BCUT2D eigenvalue weighted by Gasteiger charge is -2.36. The number of hydrogen-bond donors (Lipinski definition) is 1. The van der Waals surface area contributed by atoms with Gasteiger partial charge in [0.05, 0.1) is 12.1 Å². The largest absolute Gasteiger partial charge is 0.391 e. The Morgan fingerprint density at radius 1 is 1.04 bits per heavy atom. The summed E-state index contributed by atoms with van der Waals surface area (Å²) in [6.45, 7) is 11.0. The molecule has 0 aliphatic carbocycles. The fourth-order valence-corrected chi connectivity index (χ4v) is 3.24. The van der Waals surface area contributed by atoms with Crippen molar-refractivity contribution in [2.24, 2.45) is 11.8 Å². The highest BCUT2D eigenvalue weighted by Gasteiger charge is 2.36. The fraction of sp³-hybridized carbons (Fsp3) is 0.773. The number of nitrogens with zero attached hydrogens (tertiary/aromatic N) is 2. The molecule has 2 amide bonds. The number of ketones is 1. The molecule has 28 heavy (non-hydrogen) atoms. The maximum atomic E-state index is 13.1. The summed E-state index contributed by atoms with van der Waals surface area (Å²) in [4.78, 5) is 40.6. The first kappa shape index (κ1) is 26.3. The van der Waals surface area contributed by atoms with E-state index in [-0.39, 0.29) is 17.6 Å². The van der Waals surface area contributed by atoms with Crippen LogP contribution in [0.3, 0.4) is 0 Å². The first-order chi connectivity index (χ1) is 12.9. The molecule has 162 valence electrons. The third-order valence-electron chi connectivity index (χ3n) is 5.14. The van der Waals surface area contributed by atoms with Gasteiger partial charge in [0.1, 0.15) is 6.04 Å². The second-order valence-corrected chi connectivity index (χ2v) is 8.34. The van der Waals surface area contributed by atoms with E-state index in [0.717, 1.165) is 12.8 Å². The van der Waals surface area contributed by atoms with E-state index >= 15 is 0 Å². The highest BCUT2D eigenvalue weighted by molar-refractivity contribution is 5.92. The number of Topliss-reactive ketones (excluding diaryl/α,β-unsaturated/α-hetero) is 1. The minimum atomic E-state index is -1.03. The van der Waals surface area contributed by atoms with Crippen molar-refractivity contribution in [3.8, 4) is 0 Å². The minimum Gasteiger partial charge on any atom is -0.391 e. The molecular weight excluding hydrogens is 356 g/mol. The Bertz CT molecular complexity index is 543. The van der Waals surface area contributed by atoms with Crippen LogP contribution in [0.15, 0.2) is 12.2 Å². The summed E-state index contributed by atoms with van der Waals surface area (Å²) in [5, 5.41) is 10.2. The summed E-state index contributed by atoms with van der Waals surface area (Å²) in [7, 11) is 3.13. The number of allylic oxidation sites excluding steroid dienone is 2. The molecule has 0 bridgehead atoms. The van der Waals surface area contributed by atoms with E-state index < -0.39 is 24.1 Å². The van der Waals surface area contributed by atoms with Gasteiger partial charge in [0.15, 0.2) is 5.78 Å². The molecule has 0 fully saturated rings. The molecule has 0 aliphatic heterocycles. The molecule has 0 saturated heterocycles. The Hall–Kier alpha value is -1.69. The Balaban J connectivity index is 5.38. The van der Waals surface area contributed by atoms with Crippen LogP contribution in [0.1, 0.15) is 67.2 Å². The van der Waals surface area contributed by atoms with E-state index in [9.17, 15) is 19.5 Å². The first-order valence-corrected chi connectivity index (χ1v) is 10.3. The molecule has 0 aliphatic rings. The number of rotatable bonds is 12. The number of carbonyl (C=O) groups excluding carboxylic acids is 3. The maximum Gasteiger partial charge on any atom is 0.248 e. The van der Waals surface area contributed by atoms with Crippen LogP contribution in [0, 0.1) is 11.8 Å². The second-order valence-electron chi connectivity index (χ2n) is 8.34. The Morgan fingerprint density at radius 2 is 1.61 bits per heavy atom. The van der Waals surface area contributed by atoms with Crippen LogP contribution in [0.4, 0.5) is 0 Å². The van der Waals surface area contributed by atoms with Gasteiger partial charge in [0.2, 0.25) is 11.8 Å². The van der Waals surface area contributed by atoms with Crippen LogP contribution >= 0.6 is 0 Å². The third-order valence-corrected chi connectivity index (χ3v) is 5.14. The van der Waals surface area contributed by atoms with Crippen molar-refractivity contribution in [3.63, 3.8) is 0 Å². The van der Waals surface area contributed by atoms with Crippen molar-refractivity contribution >= 4 is 17.6 Å². The van der Waals surface area contributed by atoms with Gasteiger partial charge in [-0.05, 0) is 51.9 Å². The van der Waals surface area contributed by atoms with E-state index in [0.29, 0.717) is 18.8 Å². The molecule has 0 heterocycles. The van der Waals surface area contributed by atoms with Gasteiger partial charge in [-0.1, -0.05) is 32.9 Å². The Kier molecular flexibility index (Phi) is 11.9. The highest BCUT2D eigenvalue weighted by atomic mass is 16.3. The topological polar surface area (TPSA) is 77.9 Å². The number of aliphatic hydroxyl groups is 1. The summed E-state index contributed by atoms with van der Waals surface area (Å²) in [6.07, 6.45) is 5.40. The van der Waals surface area contributed by atoms with Crippen LogP contribution in [0.2, 0.25) is 0 Å². The SMILES string of the molecule is CC=CCC(C)CC(C(C)=O)N(C)C(=O)C(C(C)O)N(C)C(=O)CCC(C)C. The van der Waals surface area contributed by atoms with Gasteiger partial charge in [0.25, 0.3) is 0 Å². The van der Waals surface area contributed by atoms with Gasteiger partial charge in [-0.2, -0.15) is 0 Å². The number of hydrogen-bond acceptors (Lipinski definition) is 4. The van der Waals surface area contributed by atoms with Gasteiger partial charge in [0, 0.05) is 20.5 Å². The summed E-state index contributed by atoms with van der Waals surface area (Å²) >= 11 is 0. The van der Waals surface area contributed by atoms with Gasteiger partial charge < -0.3 is 14.9 Å². The molecule has 1 N–H and O–H groups in total. The van der Waals surface area contributed by atoms with Gasteiger partial charge in [-0.15, -0.1) is 0 Å². The molecule has 4 unspecified atom stereocenters. The van der Waals surface area contributed by atoms with Crippen molar-refractivity contribution < 1.29 is 19.5 Å². The average molecular weight is 397 g/mol. The molecule has 4 atom stereocenters. The molecule has 6 heteroatoms. The van der Waals surface area contributed by atoms with Crippen LogP contribution in [0.25, 0.3) is 0 Å². The molecule has 0 radical (unpaired) electrons. The highest BCUT2D eigenvalue weighted by Crippen LogP contribution is 2.19. The third kappa shape index (κ3) is 8.55. The predicted octanol–water partition coefficient (Wildman–Crippen LogP) is 3.04. The zero-order valence-corrected chi connectivity index (χ0v) is 18.9. The zero-order chi connectivity index (χ0) is 22.0. The van der Waals surface area contributed by atoms with Gasteiger partial charge in [-0.25, -0.2) is 0 Å². The van der Waals surface area contributed by atoms with Crippen molar-refractivity contribution in [2.45, 2.75) is 85.4 Å². The van der Waals surface area contributed by atoms with Crippen LogP contribution in [-0.2, 0) is 14.4 Å². The maximum absolute atomic E-state index is 13.1. The smallest absolute Gasteiger partial charge is 0.248 e. The van der Waals surface area contributed by atoms with E-state index in [1.165, 1.54) is 23.6 Å². The summed E-state index contributed by atoms with van der Waals surface area (Å²) in [6, 6.07) is -1.58. The summed E-state index contributed by atoms with van der Waals surface area (Å²) in [5.74, 6) is -0.0745. The lowest BCUT2D eigenvalue weighted by atomic mass is 9.94. The lowest BCUT2D eigenvalue weighted by molar-refractivity contribution is -0.151. The quantitative estimate of drug-likeness (QED) is 0.514. The fourth-order valence-electron chi connectivity index (χ4n) is 3.24. The molecule has 0 saturated carbocycles. The number of carbonyl (C=O) groups is 3. The van der Waals surface area contributed by atoms with Crippen LogP contribution < -0.4 is 0 Å².